The number of nitro groups is 1. The average Bonchev–Trinajstić information content (AvgIpc) is 2.68. The van der Waals surface area contributed by atoms with Gasteiger partial charge in [0.25, 0.3) is 11.6 Å². The van der Waals surface area contributed by atoms with Gasteiger partial charge in [-0.15, -0.1) is 0 Å². The maximum atomic E-state index is 12.3. The van der Waals surface area contributed by atoms with Crippen LogP contribution in [0.4, 0.5) is 5.69 Å². The van der Waals surface area contributed by atoms with E-state index in [0.29, 0.717) is 13.1 Å². The van der Waals surface area contributed by atoms with Crippen LogP contribution in [0.15, 0.2) is 18.2 Å². The lowest BCUT2D eigenvalue weighted by Gasteiger charge is -2.19. The third kappa shape index (κ3) is 2.67. The van der Waals surface area contributed by atoms with E-state index < -0.39 is 10.8 Å². The topological polar surface area (TPSA) is 83.7 Å². The van der Waals surface area contributed by atoms with E-state index in [-0.39, 0.29) is 22.4 Å². The summed E-state index contributed by atoms with van der Waals surface area (Å²) < 4.78 is 0. The average molecular weight is 264 g/mol. The van der Waals surface area contributed by atoms with Gasteiger partial charge in [-0.2, -0.15) is 0 Å². The van der Waals surface area contributed by atoms with Crippen molar-refractivity contribution in [3.8, 4) is 5.75 Å². The van der Waals surface area contributed by atoms with Gasteiger partial charge in [0.2, 0.25) is 0 Å². The van der Waals surface area contributed by atoms with Crippen LogP contribution >= 0.6 is 0 Å². The van der Waals surface area contributed by atoms with Crippen molar-refractivity contribution in [2.24, 2.45) is 5.41 Å². The number of likely N-dealkylation sites (tertiary alicyclic amines) is 1. The molecule has 1 aromatic rings. The van der Waals surface area contributed by atoms with Crippen molar-refractivity contribution in [3.63, 3.8) is 0 Å². The van der Waals surface area contributed by atoms with Gasteiger partial charge in [-0.05, 0) is 24.0 Å². The Hall–Kier alpha value is -2.11. The lowest BCUT2D eigenvalue weighted by atomic mass is 9.93. The summed E-state index contributed by atoms with van der Waals surface area (Å²) in [5.41, 5.74) is -0.295. The summed E-state index contributed by atoms with van der Waals surface area (Å²) >= 11 is 0. The summed E-state index contributed by atoms with van der Waals surface area (Å²) in [7, 11) is 0. The molecular formula is C13H16N2O4. The molecule has 0 unspecified atom stereocenters. The molecule has 6 heteroatoms. The van der Waals surface area contributed by atoms with Gasteiger partial charge in [0.15, 0.2) is 0 Å². The van der Waals surface area contributed by atoms with E-state index in [1.165, 1.54) is 6.07 Å². The van der Waals surface area contributed by atoms with Crippen LogP contribution in [0.5, 0.6) is 5.75 Å². The van der Waals surface area contributed by atoms with Crippen LogP contribution in [0.2, 0.25) is 0 Å². The number of carbonyl (C=O) groups excluding carboxylic acids is 1. The van der Waals surface area contributed by atoms with Gasteiger partial charge in [-0.1, -0.05) is 13.8 Å². The molecule has 1 fully saturated rings. The molecule has 0 atom stereocenters. The smallest absolute Gasteiger partial charge is 0.282 e. The van der Waals surface area contributed by atoms with Gasteiger partial charge in [-0.25, -0.2) is 0 Å². The Morgan fingerprint density at radius 3 is 2.68 bits per heavy atom. The third-order valence-electron chi connectivity index (χ3n) is 3.37. The second-order valence-corrected chi connectivity index (χ2v) is 5.60. The van der Waals surface area contributed by atoms with Crippen LogP contribution in [0.25, 0.3) is 0 Å². The second-order valence-electron chi connectivity index (χ2n) is 5.60. The number of phenols is 1. The van der Waals surface area contributed by atoms with Crippen LogP contribution in [0.1, 0.15) is 30.6 Å². The van der Waals surface area contributed by atoms with E-state index in [4.69, 9.17) is 0 Å². The summed E-state index contributed by atoms with van der Waals surface area (Å²) in [6, 6.07) is 3.53. The molecule has 1 amide bonds. The molecular weight excluding hydrogens is 248 g/mol. The highest BCUT2D eigenvalue weighted by molar-refractivity contribution is 5.98. The molecule has 19 heavy (non-hydrogen) atoms. The molecule has 0 radical (unpaired) electrons. The fraction of sp³-hybridized carbons (Fsp3) is 0.462. The Balaban J connectivity index is 2.34. The van der Waals surface area contributed by atoms with Crippen LogP contribution < -0.4 is 0 Å². The molecule has 0 bridgehead atoms. The quantitative estimate of drug-likeness (QED) is 0.655. The first-order valence-electron chi connectivity index (χ1n) is 6.07. The normalized spacial score (nSPS) is 17.5. The van der Waals surface area contributed by atoms with Gasteiger partial charge in [-0.3, -0.25) is 14.9 Å². The number of nitrogens with zero attached hydrogens (tertiary/aromatic N) is 2. The standard InChI is InChI=1S/C13H16N2O4/c1-13(2)5-6-14(8-13)12(17)10-7-9(16)3-4-11(10)15(18)19/h3-4,7,16H,5-6,8H2,1-2H3. The number of amides is 1. The zero-order chi connectivity index (χ0) is 14.2. The van der Waals surface area contributed by atoms with E-state index >= 15 is 0 Å². The number of benzene rings is 1. The number of hydrogen-bond donors (Lipinski definition) is 1. The number of aromatic hydroxyl groups is 1. The Kier molecular flexibility index (Phi) is 3.18. The third-order valence-corrected chi connectivity index (χ3v) is 3.37. The minimum absolute atomic E-state index is 0.0290. The molecule has 1 heterocycles. The van der Waals surface area contributed by atoms with Crippen molar-refractivity contribution in [1.82, 2.24) is 4.90 Å². The summed E-state index contributed by atoms with van der Waals surface area (Å²) in [5.74, 6) is -0.541. The summed E-state index contributed by atoms with van der Waals surface area (Å²) in [4.78, 5) is 24.3. The highest BCUT2D eigenvalue weighted by Gasteiger charge is 2.34. The van der Waals surface area contributed by atoms with Crippen LogP contribution in [-0.4, -0.2) is 33.9 Å². The van der Waals surface area contributed by atoms with E-state index in [1.807, 2.05) is 0 Å². The number of rotatable bonds is 2. The number of nitro benzene ring substituents is 1. The van der Waals surface area contributed by atoms with Gasteiger partial charge in [0.05, 0.1) is 4.92 Å². The van der Waals surface area contributed by atoms with E-state index in [0.717, 1.165) is 18.6 Å². The lowest BCUT2D eigenvalue weighted by molar-refractivity contribution is -0.385. The molecule has 1 aromatic carbocycles. The fourth-order valence-electron chi connectivity index (χ4n) is 2.31. The zero-order valence-corrected chi connectivity index (χ0v) is 10.9. The van der Waals surface area contributed by atoms with E-state index in [2.05, 4.69) is 13.8 Å². The first-order valence-corrected chi connectivity index (χ1v) is 6.07. The Morgan fingerprint density at radius 2 is 2.16 bits per heavy atom. The highest BCUT2D eigenvalue weighted by atomic mass is 16.6. The Morgan fingerprint density at radius 1 is 1.47 bits per heavy atom. The molecule has 6 nitrogen and oxygen atoms in total. The fourth-order valence-corrected chi connectivity index (χ4v) is 2.31. The minimum atomic E-state index is -0.603. The number of carbonyl (C=O) groups is 1. The molecule has 0 aromatic heterocycles. The van der Waals surface area contributed by atoms with Crippen molar-refractivity contribution in [2.45, 2.75) is 20.3 Å². The second kappa shape index (κ2) is 4.53. The molecule has 1 aliphatic rings. The number of hydrogen-bond acceptors (Lipinski definition) is 4. The van der Waals surface area contributed by atoms with Crippen LogP contribution in [0, 0.1) is 15.5 Å². The van der Waals surface area contributed by atoms with Crippen molar-refractivity contribution in [2.75, 3.05) is 13.1 Å². The Bertz CT molecular complexity index is 539. The summed E-state index contributed by atoms with van der Waals surface area (Å²) in [5, 5.41) is 20.4. The zero-order valence-electron chi connectivity index (χ0n) is 10.9. The molecule has 1 aliphatic heterocycles. The van der Waals surface area contributed by atoms with Gasteiger partial charge in [0.1, 0.15) is 11.3 Å². The summed E-state index contributed by atoms with van der Waals surface area (Å²) in [6.45, 7) is 5.26. The van der Waals surface area contributed by atoms with E-state index in [1.54, 1.807) is 4.90 Å². The van der Waals surface area contributed by atoms with Crippen molar-refractivity contribution in [3.05, 3.63) is 33.9 Å². The molecule has 102 valence electrons. The van der Waals surface area contributed by atoms with E-state index in [9.17, 15) is 20.0 Å². The first-order chi connectivity index (χ1) is 8.80. The SMILES string of the molecule is CC1(C)CCN(C(=O)c2cc(O)ccc2[N+](=O)[O-])C1. The number of phenolic OH excluding ortho intramolecular Hbond substituents is 1. The molecule has 0 spiro atoms. The van der Waals surface area contributed by atoms with Crippen LogP contribution in [0.3, 0.4) is 0 Å². The maximum absolute atomic E-state index is 12.3. The molecule has 0 saturated carbocycles. The maximum Gasteiger partial charge on any atom is 0.282 e. The minimum Gasteiger partial charge on any atom is -0.508 e. The van der Waals surface area contributed by atoms with Crippen molar-refractivity contribution < 1.29 is 14.8 Å². The molecule has 2 rings (SSSR count). The molecule has 1 N–H and O–H groups in total. The monoisotopic (exact) mass is 264 g/mol. The van der Waals surface area contributed by atoms with Crippen LogP contribution in [-0.2, 0) is 0 Å². The Labute approximate surface area is 110 Å². The van der Waals surface area contributed by atoms with Gasteiger partial charge >= 0.3 is 0 Å². The predicted octanol–water partition coefficient (Wildman–Crippen LogP) is 2.17. The van der Waals surface area contributed by atoms with Crippen molar-refractivity contribution in [1.29, 1.82) is 0 Å². The summed E-state index contributed by atoms with van der Waals surface area (Å²) in [6.07, 6.45) is 0.866. The molecule has 0 aliphatic carbocycles. The lowest BCUT2D eigenvalue weighted by Crippen LogP contribution is -2.30. The van der Waals surface area contributed by atoms with Gasteiger partial charge < -0.3 is 10.0 Å². The largest absolute Gasteiger partial charge is 0.508 e. The highest BCUT2D eigenvalue weighted by Crippen LogP contribution is 2.32. The molecule has 1 saturated heterocycles. The predicted molar refractivity (Wildman–Crippen MR) is 69.1 cm³/mol. The van der Waals surface area contributed by atoms with Crippen molar-refractivity contribution >= 4 is 11.6 Å². The first kappa shape index (κ1) is 13.3. The van der Waals surface area contributed by atoms with Gasteiger partial charge in [0, 0.05) is 19.2 Å².